The van der Waals surface area contributed by atoms with E-state index in [0.717, 1.165) is 12.1 Å². The van der Waals surface area contributed by atoms with Crippen LogP contribution >= 0.6 is 0 Å². The number of piperidine rings is 1. The maximum atomic E-state index is 13.8. The lowest BCUT2D eigenvalue weighted by Gasteiger charge is -2.32. The SMILES string of the molecule is COc1cccc(C(=O)NC2CCN(C(=O)c3ccc(F)c(F)c3F)CC2)c1. The van der Waals surface area contributed by atoms with Gasteiger partial charge in [0.15, 0.2) is 17.5 Å². The summed E-state index contributed by atoms with van der Waals surface area (Å²) < 4.78 is 45.3. The summed E-state index contributed by atoms with van der Waals surface area (Å²) in [6, 6.07) is 8.25. The van der Waals surface area contributed by atoms with E-state index in [9.17, 15) is 22.8 Å². The van der Waals surface area contributed by atoms with Crippen LogP contribution in [0.25, 0.3) is 0 Å². The van der Waals surface area contributed by atoms with Crippen LogP contribution in [-0.2, 0) is 0 Å². The average Bonchev–Trinajstić information content (AvgIpc) is 2.72. The Morgan fingerprint density at radius 1 is 1.07 bits per heavy atom. The Bertz CT molecular complexity index is 896. The van der Waals surface area contributed by atoms with Gasteiger partial charge in [-0.25, -0.2) is 13.2 Å². The highest BCUT2D eigenvalue weighted by Crippen LogP contribution is 2.20. The molecule has 0 aliphatic carbocycles. The highest BCUT2D eigenvalue weighted by molar-refractivity contribution is 5.95. The lowest BCUT2D eigenvalue weighted by molar-refractivity contribution is 0.0692. The van der Waals surface area contributed by atoms with E-state index < -0.39 is 28.9 Å². The van der Waals surface area contributed by atoms with Crippen molar-refractivity contribution >= 4 is 11.8 Å². The molecule has 148 valence electrons. The molecule has 1 aliphatic heterocycles. The Morgan fingerprint density at radius 3 is 2.46 bits per heavy atom. The first-order valence-corrected chi connectivity index (χ1v) is 8.78. The molecule has 1 aliphatic rings. The van der Waals surface area contributed by atoms with Crippen LogP contribution < -0.4 is 10.1 Å². The Labute approximate surface area is 160 Å². The van der Waals surface area contributed by atoms with Gasteiger partial charge in [0.25, 0.3) is 11.8 Å². The third kappa shape index (κ3) is 4.11. The number of amides is 2. The predicted octanol–water partition coefficient (Wildman–Crippen LogP) is 3.15. The van der Waals surface area contributed by atoms with Gasteiger partial charge in [-0.3, -0.25) is 9.59 Å². The molecule has 0 aromatic heterocycles. The van der Waals surface area contributed by atoms with Crippen molar-refractivity contribution in [1.29, 1.82) is 0 Å². The summed E-state index contributed by atoms with van der Waals surface area (Å²) in [5.74, 6) is -4.87. The van der Waals surface area contributed by atoms with Crippen molar-refractivity contribution in [2.24, 2.45) is 0 Å². The first-order valence-electron chi connectivity index (χ1n) is 8.78. The predicted molar refractivity (Wildman–Crippen MR) is 95.7 cm³/mol. The van der Waals surface area contributed by atoms with Crippen molar-refractivity contribution in [2.45, 2.75) is 18.9 Å². The second-order valence-corrected chi connectivity index (χ2v) is 6.49. The lowest BCUT2D eigenvalue weighted by Crippen LogP contribution is -2.46. The molecular weight excluding hydrogens is 373 g/mol. The molecule has 1 N–H and O–H groups in total. The van der Waals surface area contributed by atoms with Crippen molar-refractivity contribution in [3.8, 4) is 5.75 Å². The van der Waals surface area contributed by atoms with Gasteiger partial charge in [0.1, 0.15) is 5.75 Å². The second kappa shape index (κ2) is 8.33. The number of hydrogen-bond acceptors (Lipinski definition) is 3. The highest BCUT2D eigenvalue weighted by Gasteiger charge is 2.28. The lowest BCUT2D eigenvalue weighted by atomic mass is 10.0. The number of benzene rings is 2. The Morgan fingerprint density at radius 2 is 1.79 bits per heavy atom. The molecule has 8 heteroatoms. The summed E-state index contributed by atoms with van der Waals surface area (Å²) in [6.07, 6.45) is 0.930. The molecular formula is C20H19F3N2O3. The molecule has 0 bridgehead atoms. The van der Waals surface area contributed by atoms with Crippen molar-refractivity contribution < 1.29 is 27.5 Å². The van der Waals surface area contributed by atoms with Crippen LogP contribution in [0.2, 0.25) is 0 Å². The van der Waals surface area contributed by atoms with E-state index in [0.29, 0.717) is 24.2 Å². The van der Waals surface area contributed by atoms with Gasteiger partial charge in [0.2, 0.25) is 0 Å². The molecule has 0 spiro atoms. The normalized spacial score (nSPS) is 14.6. The number of methoxy groups -OCH3 is 1. The van der Waals surface area contributed by atoms with Crippen molar-refractivity contribution in [3.05, 3.63) is 65.0 Å². The number of carbonyl (C=O) groups excluding carboxylic acids is 2. The molecule has 1 fully saturated rings. The number of carbonyl (C=O) groups is 2. The van der Waals surface area contributed by atoms with Crippen LogP contribution in [0.15, 0.2) is 36.4 Å². The molecule has 5 nitrogen and oxygen atoms in total. The van der Waals surface area contributed by atoms with Gasteiger partial charge in [0.05, 0.1) is 12.7 Å². The van der Waals surface area contributed by atoms with Gasteiger partial charge in [-0.1, -0.05) is 6.07 Å². The number of nitrogens with zero attached hydrogens (tertiary/aromatic N) is 1. The highest BCUT2D eigenvalue weighted by atomic mass is 19.2. The Hall–Kier alpha value is -3.03. The summed E-state index contributed by atoms with van der Waals surface area (Å²) in [5, 5.41) is 2.90. The van der Waals surface area contributed by atoms with Gasteiger partial charge in [-0.2, -0.15) is 0 Å². The van der Waals surface area contributed by atoms with E-state index in [1.54, 1.807) is 24.3 Å². The van der Waals surface area contributed by atoms with Crippen LogP contribution in [-0.4, -0.2) is 43.0 Å². The zero-order valence-corrected chi connectivity index (χ0v) is 15.2. The number of hydrogen-bond donors (Lipinski definition) is 1. The number of halogens is 3. The third-order valence-corrected chi connectivity index (χ3v) is 4.71. The first kappa shape index (κ1) is 19.7. The average molecular weight is 392 g/mol. The van der Waals surface area contributed by atoms with Crippen molar-refractivity contribution in [1.82, 2.24) is 10.2 Å². The number of likely N-dealkylation sites (tertiary alicyclic amines) is 1. The smallest absolute Gasteiger partial charge is 0.256 e. The molecule has 3 rings (SSSR count). The van der Waals surface area contributed by atoms with Crippen LogP contribution in [0.5, 0.6) is 5.75 Å². The summed E-state index contributed by atoms with van der Waals surface area (Å²) in [4.78, 5) is 26.1. The summed E-state index contributed by atoms with van der Waals surface area (Å²) >= 11 is 0. The largest absolute Gasteiger partial charge is 0.497 e. The zero-order chi connectivity index (χ0) is 20.3. The number of nitrogens with one attached hydrogen (secondary N) is 1. The quantitative estimate of drug-likeness (QED) is 0.814. The fourth-order valence-corrected chi connectivity index (χ4v) is 3.12. The van der Waals surface area contributed by atoms with Crippen molar-refractivity contribution in [3.63, 3.8) is 0 Å². The fourth-order valence-electron chi connectivity index (χ4n) is 3.12. The minimum Gasteiger partial charge on any atom is -0.497 e. The zero-order valence-electron chi connectivity index (χ0n) is 15.2. The Balaban J connectivity index is 1.59. The minimum absolute atomic E-state index is 0.155. The van der Waals surface area contributed by atoms with Gasteiger partial charge < -0.3 is 15.0 Å². The van der Waals surface area contributed by atoms with E-state index >= 15 is 0 Å². The molecule has 0 unspecified atom stereocenters. The van der Waals surface area contributed by atoms with E-state index in [1.165, 1.54) is 12.0 Å². The molecule has 2 aromatic carbocycles. The molecule has 28 heavy (non-hydrogen) atoms. The fraction of sp³-hybridized carbons (Fsp3) is 0.300. The molecule has 2 amide bonds. The van der Waals surface area contributed by atoms with E-state index in [4.69, 9.17) is 4.74 Å². The summed E-state index contributed by atoms with van der Waals surface area (Å²) in [6.45, 7) is 0.528. The van der Waals surface area contributed by atoms with Gasteiger partial charge in [-0.15, -0.1) is 0 Å². The first-order chi connectivity index (χ1) is 13.4. The van der Waals surface area contributed by atoms with Gasteiger partial charge in [-0.05, 0) is 43.2 Å². The van der Waals surface area contributed by atoms with Gasteiger partial charge in [0, 0.05) is 24.7 Å². The summed E-state index contributed by atoms with van der Waals surface area (Å²) in [5.41, 5.74) is -0.0421. The van der Waals surface area contributed by atoms with Crippen LogP contribution in [0, 0.1) is 17.5 Å². The monoisotopic (exact) mass is 392 g/mol. The number of ether oxygens (including phenoxy) is 1. The maximum absolute atomic E-state index is 13.8. The van der Waals surface area contributed by atoms with Crippen LogP contribution in [0.1, 0.15) is 33.6 Å². The van der Waals surface area contributed by atoms with E-state index in [2.05, 4.69) is 5.32 Å². The standard InChI is InChI=1S/C20H19F3N2O3/c1-28-14-4-2-3-12(11-14)19(26)24-13-7-9-25(10-8-13)20(27)15-5-6-16(21)18(23)17(15)22/h2-6,11,13H,7-10H2,1H3,(H,24,26). The topological polar surface area (TPSA) is 58.6 Å². The molecule has 1 saturated heterocycles. The summed E-state index contributed by atoms with van der Waals surface area (Å²) in [7, 11) is 1.51. The minimum atomic E-state index is -1.66. The Kier molecular flexibility index (Phi) is 5.87. The molecule has 0 atom stereocenters. The molecule has 0 saturated carbocycles. The molecule has 0 radical (unpaired) electrons. The van der Waals surface area contributed by atoms with Gasteiger partial charge >= 0.3 is 0 Å². The van der Waals surface area contributed by atoms with E-state index in [-0.39, 0.29) is 25.0 Å². The number of rotatable bonds is 4. The van der Waals surface area contributed by atoms with Crippen LogP contribution in [0.3, 0.4) is 0 Å². The van der Waals surface area contributed by atoms with Crippen molar-refractivity contribution in [2.75, 3.05) is 20.2 Å². The van der Waals surface area contributed by atoms with E-state index in [1.807, 2.05) is 0 Å². The van der Waals surface area contributed by atoms with Crippen LogP contribution in [0.4, 0.5) is 13.2 Å². The molecule has 1 heterocycles. The molecule has 2 aromatic rings. The second-order valence-electron chi connectivity index (χ2n) is 6.49. The maximum Gasteiger partial charge on any atom is 0.256 e. The third-order valence-electron chi connectivity index (χ3n) is 4.71.